The fourth-order valence-electron chi connectivity index (χ4n) is 8.80. The number of benzene rings is 7. The second-order valence-electron chi connectivity index (χ2n) is 17.0. The van der Waals surface area contributed by atoms with E-state index >= 15 is 0 Å². The van der Waals surface area contributed by atoms with Crippen molar-refractivity contribution in [2.45, 2.75) is 79.1 Å². The van der Waals surface area contributed by atoms with Gasteiger partial charge in [-0.05, 0) is 119 Å². The summed E-state index contributed by atoms with van der Waals surface area (Å²) in [6, 6.07) is 57.2. The minimum absolute atomic E-state index is 0.468. The molecule has 3 nitrogen and oxygen atoms in total. The zero-order valence-electron chi connectivity index (χ0n) is 34.6. The number of para-hydroxylation sites is 1. The predicted molar refractivity (Wildman–Crippen MR) is 247 cm³/mol. The maximum atomic E-state index is 2.52. The van der Waals surface area contributed by atoms with E-state index in [4.69, 9.17) is 0 Å². The van der Waals surface area contributed by atoms with Crippen LogP contribution < -0.4 is 9.80 Å². The third-order valence-electron chi connectivity index (χ3n) is 12.1. The number of anilines is 6. The minimum Gasteiger partial charge on any atom is -0.310 e. The molecule has 284 valence electrons. The van der Waals surface area contributed by atoms with E-state index in [1.54, 1.807) is 0 Å². The standard InChI is InChI=1S/C54H53N3/c1-34(2)38-18-26-42(27-19-38)55(43-28-20-39(21-29-43)35(3)4)48-14-10-16-50-52(48)46-12-9-13-47-53-49(15-11-17-51(53)57(50)54(46)47)56(44-30-22-40(23-31-44)36(5)6)45-32-24-41(25-33-45)37(7)8/h9-37H,1-8H3. The highest BCUT2D eigenvalue weighted by atomic mass is 15.2. The molecule has 0 aliphatic carbocycles. The molecule has 2 aromatic heterocycles. The largest absolute Gasteiger partial charge is 0.310 e. The first-order chi connectivity index (χ1) is 27.6. The van der Waals surface area contributed by atoms with Crippen molar-refractivity contribution in [2.75, 3.05) is 9.80 Å². The molecular weight excluding hydrogens is 691 g/mol. The molecule has 0 unspecified atom stereocenters. The molecule has 0 bridgehead atoms. The molecule has 7 aromatic carbocycles. The fourth-order valence-corrected chi connectivity index (χ4v) is 8.80. The highest BCUT2D eigenvalue weighted by molar-refractivity contribution is 6.28. The molecule has 3 heteroatoms. The lowest BCUT2D eigenvalue weighted by atomic mass is 10.00. The van der Waals surface area contributed by atoms with Crippen molar-refractivity contribution < 1.29 is 0 Å². The van der Waals surface area contributed by atoms with E-state index < -0.39 is 0 Å². The molecular formula is C54H53N3. The van der Waals surface area contributed by atoms with Gasteiger partial charge in [0.1, 0.15) is 0 Å². The molecule has 0 atom stereocenters. The molecule has 0 N–H and O–H groups in total. The maximum absolute atomic E-state index is 2.52. The van der Waals surface area contributed by atoms with Gasteiger partial charge < -0.3 is 14.2 Å². The summed E-state index contributed by atoms with van der Waals surface area (Å²) >= 11 is 0. The first-order valence-corrected chi connectivity index (χ1v) is 20.8. The molecule has 2 heterocycles. The average molecular weight is 744 g/mol. The van der Waals surface area contributed by atoms with Gasteiger partial charge >= 0.3 is 0 Å². The normalized spacial score (nSPS) is 12.1. The van der Waals surface area contributed by atoms with Gasteiger partial charge in [-0.1, -0.05) is 134 Å². The molecule has 0 saturated heterocycles. The van der Waals surface area contributed by atoms with Gasteiger partial charge in [0.15, 0.2) is 0 Å². The monoisotopic (exact) mass is 743 g/mol. The van der Waals surface area contributed by atoms with Crippen molar-refractivity contribution >= 4 is 72.2 Å². The van der Waals surface area contributed by atoms with Crippen molar-refractivity contribution in [1.29, 1.82) is 0 Å². The summed E-state index contributed by atoms with van der Waals surface area (Å²) in [5, 5.41) is 5.04. The number of aromatic nitrogens is 1. The van der Waals surface area contributed by atoms with Gasteiger partial charge in [0, 0.05) is 44.3 Å². The number of fused-ring (bicyclic) bond motifs is 6. The Balaban J connectivity index is 1.29. The lowest BCUT2D eigenvalue weighted by Crippen LogP contribution is -2.11. The van der Waals surface area contributed by atoms with E-state index in [9.17, 15) is 0 Å². The summed E-state index contributed by atoms with van der Waals surface area (Å²) in [4.78, 5) is 4.91. The minimum atomic E-state index is 0.468. The summed E-state index contributed by atoms with van der Waals surface area (Å²) in [7, 11) is 0. The summed E-state index contributed by atoms with van der Waals surface area (Å²) in [6.45, 7) is 18.1. The van der Waals surface area contributed by atoms with Crippen molar-refractivity contribution in [3.05, 3.63) is 174 Å². The summed E-state index contributed by atoms with van der Waals surface area (Å²) in [6.07, 6.45) is 0. The summed E-state index contributed by atoms with van der Waals surface area (Å²) in [5.41, 5.74) is 16.0. The van der Waals surface area contributed by atoms with Crippen LogP contribution in [0.3, 0.4) is 0 Å². The molecule has 0 saturated carbocycles. The summed E-state index contributed by atoms with van der Waals surface area (Å²) in [5.74, 6) is 1.87. The number of hydrogen-bond donors (Lipinski definition) is 0. The third kappa shape index (κ3) is 6.21. The highest BCUT2D eigenvalue weighted by Gasteiger charge is 2.26. The average Bonchev–Trinajstić information content (AvgIpc) is 3.75. The van der Waals surface area contributed by atoms with E-state index in [-0.39, 0.29) is 0 Å². The Morgan fingerprint density at radius 2 is 0.614 bits per heavy atom. The van der Waals surface area contributed by atoms with Gasteiger partial charge in [-0.2, -0.15) is 0 Å². The van der Waals surface area contributed by atoms with Crippen molar-refractivity contribution in [3.63, 3.8) is 0 Å². The van der Waals surface area contributed by atoms with Gasteiger partial charge in [-0.15, -0.1) is 0 Å². The Hall–Kier alpha value is -6.06. The van der Waals surface area contributed by atoms with Crippen LogP contribution in [-0.4, -0.2) is 4.40 Å². The van der Waals surface area contributed by atoms with Crippen LogP contribution in [0.2, 0.25) is 0 Å². The molecule has 9 rings (SSSR count). The van der Waals surface area contributed by atoms with Crippen molar-refractivity contribution in [1.82, 2.24) is 4.40 Å². The Morgan fingerprint density at radius 1 is 0.333 bits per heavy atom. The zero-order valence-corrected chi connectivity index (χ0v) is 34.6. The van der Waals surface area contributed by atoms with E-state index in [2.05, 4.69) is 221 Å². The van der Waals surface area contributed by atoms with Gasteiger partial charge in [0.2, 0.25) is 0 Å². The Kier molecular flexibility index (Phi) is 9.28. The van der Waals surface area contributed by atoms with E-state index in [0.29, 0.717) is 23.7 Å². The smallest absolute Gasteiger partial charge is 0.0622 e. The van der Waals surface area contributed by atoms with E-state index in [1.165, 1.54) is 71.7 Å². The van der Waals surface area contributed by atoms with Crippen LogP contribution in [0, 0.1) is 0 Å². The quantitative estimate of drug-likeness (QED) is 0.138. The van der Waals surface area contributed by atoms with E-state index in [0.717, 1.165) is 22.7 Å². The zero-order chi connectivity index (χ0) is 39.5. The van der Waals surface area contributed by atoms with Gasteiger partial charge in [0.05, 0.1) is 27.9 Å². The maximum Gasteiger partial charge on any atom is 0.0622 e. The van der Waals surface area contributed by atoms with Crippen LogP contribution in [0.1, 0.15) is 101 Å². The van der Waals surface area contributed by atoms with Gasteiger partial charge in [0.25, 0.3) is 0 Å². The van der Waals surface area contributed by atoms with Crippen molar-refractivity contribution in [2.24, 2.45) is 0 Å². The highest BCUT2D eigenvalue weighted by Crippen LogP contribution is 2.49. The lowest BCUT2D eigenvalue weighted by molar-refractivity contribution is 0.866. The Bertz CT molecular complexity index is 2530. The molecule has 9 aromatic rings. The first kappa shape index (κ1) is 36.6. The number of rotatable bonds is 10. The van der Waals surface area contributed by atoms with Crippen LogP contribution in [0.25, 0.3) is 38.1 Å². The Labute approximate surface area is 338 Å². The second kappa shape index (κ2) is 14.5. The fraction of sp³-hybridized carbons (Fsp3) is 0.222. The van der Waals surface area contributed by atoms with Crippen LogP contribution in [0.5, 0.6) is 0 Å². The SMILES string of the molecule is CC(C)c1ccc(N(c2ccc(C(C)C)cc2)c2cccc3c2c2cccc4c5c(N(c6ccc(C(C)C)cc6)c6ccc(C(C)C)cc6)cccc5n3c24)cc1. The van der Waals surface area contributed by atoms with E-state index in [1.807, 2.05) is 0 Å². The van der Waals surface area contributed by atoms with Gasteiger partial charge in [-0.3, -0.25) is 0 Å². The topological polar surface area (TPSA) is 10.9 Å². The molecule has 0 fully saturated rings. The molecule has 0 amide bonds. The first-order valence-electron chi connectivity index (χ1n) is 20.8. The predicted octanol–water partition coefficient (Wildman–Crippen LogP) is 16.3. The van der Waals surface area contributed by atoms with Gasteiger partial charge in [-0.25, -0.2) is 0 Å². The Morgan fingerprint density at radius 3 is 0.895 bits per heavy atom. The second-order valence-corrected chi connectivity index (χ2v) is 17.0. The molecule has 57 heavy (non-hydrogen) atoms. The number of hydrogen-bond acceptors (Lipinski definition) is 2. The van der Waals surface area contributed by atoms with Crippen LogP contribution in [-0.2, 0) is 0 Å². The van der Waals surface area contributed by atoms with Crippen LogP contribution in [0.15, 0.2) is 152 Å². The van der Waals surface area contributed by atoms with Crippen molar-refractivity contribution in [3.8, 4) is 0 Å². The lowest BCUT2D eigenvalue weighted by Gasteiger charge is -2.28. The molecule has 0 radical (unpaired) electrons. The summed E-state index contributed by atoms with van der Waals surface area (Å²) < 4.78 is 2.52. The third-order valence-corrected chi connectivity index (χ3v) is 12.1. The van der Waals surface area contributed by atoms with Crippen LogP contribution >= 0.6 is 0 Å². The molecule has 0 aliphatic heterocycles. The molecule has 0 spiro atoms. The van der Waals surface area contributed by atoms with Crippen LogP contribution in [0.4, 0.5) is 34.1 Å². The number of nitrogens with zero attached hydrogens (tertiary/aromatic N) is 3. The molecule has 0 aliphatic rings.